The first-order chi connectivity index (χ1) is 11.4. The maximum absolute atomic E-state index is 12.3. The van der Waals surface area contributed by atoms with E-state index in [-0.39, 0.29) is 12.3 Å². The predicted octanol–water partition coefficient (Wildman–Crippen LogP) is 1.66. The molecule has 0 fully saturated rings. The summed E-state index contributed by atoms with van der Waals surface area (Å²) in [5, 5.41) is 8.09. The van der Waals surface area contributed by atoms with E-state index in [1.165, 1.54) is 0 Å². The van der Waals surface area contributed by atoms with Gasteiger partial charge in [-0.15, -0.1) is 0 Å². The molecule has 0 radical (unpaired) electrons. The number of aryl methyl sites for hydroxylation is 3. The zero-order chi connectivity index (χ0) is 17.3. The molecule has 1 aliphatic heterocycles. The van der Waals surface area contributed by atoms with Gasteiger partial charge in [-0.05, 0) is 33.8 Å². The number of aliphatic imine (C=N–C) groups is 1. The van der Waals surface area contributed by atoms with Gasteiger partial charge < -0.3 is 5.32 Å². The second-order valence-electron chi connectivity index (χ2n) is 5.77. The maximum atomic E-state index is 12.3. The SMILES string of the molecule is Cc1cc(C)nc(-n2nc(C)c(CC(=O)NC3=NCCS3)c2C)n1. The van der Waals surface area contributed by atoms with E-state index in [0.29, 0.717) is 11.1 Å². The van der Waals surface area contributed by atoms with Crippen LogP contribution in [0.4, 0.5) is 0 Å². The maximum Gasteiger partial charge on any atom is 0.251 e. The van der Waals surface area contributed by atoms with Crippen LogP contribution in [0, 0.1) is 27.7 Å². The third-order valence-corrected chi connectivity index (χ3v) is 4.66. The number of hydrogen-bond donors (Lipinski definition) is 1. The zero-order valence-electron chi connectivity index (χ0n) is 14.3. The smallest absolute Gasteiger partial charge is 0.251 e. The van der Waals surface area contributed by atoms with Crippen LogP contribution in [0.5, 0.6) is 0 Å². The second kappa shape index (κ2) is 6.72. The number of amidine groups is 1. The Labute approximate surface area is 145 Å². The number of aromatic nitrogens is 4. The van der Waals surface area contributed by atoms with Crippen molar-refractivity contribution in [3.63, 3.8) is 0 Å². The van der Waals surface area contributed by atoms with Crippen LogP contribution in [0.1, 0.15) is 28.3 Å². The van der Waals surface area contributed by atoms with Gasteiger partial charge in [-0.1, -0.05) is 11.8 Å². The van der Waals surface area contributed by atoms with E-state index in [9.17, 15) is 4.79 Å². The van der Waals surface area contributed by atoms with Gasteiger partial charge in [0.2, 0.25) is 5.91 Å². The molecule has 0 bridgehead atoms. The molecule has 0 atom stereocenters. The summed E-state index contributed by atoms with van der Waals surface area (Å²) < 4.78 is 1.71. The summed E-state index contributed by atoms with van der Waals surface area (Å²) in [6.07, 6.45) is 0.266. The molecule has 2 aromatic rings. The number of nitrogens with one attached hydrogen (secondary N) is 1. The summed E-state index contributed by atoms with van der Waals surface area (Å²) >= 11 is 1.57. The third kappa shape index (κ3) is 3.48. The van der Waals surface area contributed by atoms with Crippen LogP contribution in [0.3, 0.4) is 0 Å². The van der Waals surface area contributed by atoms with Crippen LogP contribution in [-0.2, 0) is 11.2 Å². The van der Waals surface area contributed by atoms with Gasteiger partial charge in [0, 0.05) is 28.4 Å². The average molecular weight is 344 g/mol. The first-order valence-corrected chi connectivity index (χ1v) is 8.77. The van der Waals surface area contributed by atoms with Crippen molar-refractivity contribution in [1.29, 1.82) is 0 Å². The molecule has 0 saturated heterocycles. The Hall–Kier alpha value is -2.22. The van der Waals surface area contributed by atoms with E-state index in [1.54, 1.807) is 16.4 Å². The van der Waals surface area contributed by atoms with Crippen LogP contribution in [0.2, 0.25) is 0 Å². The number of carbonyl (C=O) groups is 1. The normalized spacial score (nSPS) is 13.9. The Morgan fingerprint density at radius 3 is 2.58 bits per heavy atom. The number of carbonyl (C=O) groups excluding carboxylic acids is 1. The molecule has 24 heavy (non-hydrogen) atoms. The minimum Gasteiger partial charge on any atom is -0.305 e. The Bertz CT molecular complexity index is 806. The van der Waals surface area contributed by atoms with Gasteiger partial charge in [0.15, 0.2) is 5.17 Å². The minimum absolute atomic E-state index is 0.0739. The highest BCUT2D eigenvalue weighted by atomic mass is 32.2. The first-order valence-electron chi connectivity index (χ1n) is 7.79. The lowest BCUT2D eigenvalue weighted by atomic mass is 10.1. The highest BCUT2D eigenvalue weighted by molar-refractivity contribution is 8.14. The molecule has 126 valence electrons. The second-order valence-corrected chi connectivity index (χ2v) is 6.86. The molecule has 2 aromatic heterocycles. The quantitative estimate of drug-likeness (QED) is 0.915. The molecule has 0 aromatic carbocycles. The van der Waals surface area contributed by atoms with Crippen molar-refractivity contribution in [1.82, 2.24) is 25.1 Å². The van der Waals surface area contributed by atoms with Crippen molar-refractivity contribution in [2.24, 2.45) is 4.99 Å². The summed E-state index contributed by atoms with van der Waals surface area (Å²) in [6.45, 7) is 8.46. The third-order valence-electron chi connectivity index (χ3n) is 3.77. The molecular weight excluding hydrogens is 324 g/mol. The predicted molar refractivity (Wildman–Crippen MR) is 94.7 cm³/mol. The summed E-state index contributed by atoms with van der Waals surface area (Å²) in [6, 6.07) is 1.92. The summed E-state index contributed by atoms with van der Waals surface area (Å²) in [5.41, 5.74) is 4.38. The van der Waals surface area contributed by atoms with Crippen LogP contribution in [0.25, 0.3) is 5.95 Å². The van der Waals surface area contributed by atoms with Gasteiger partial charge in [0.1, 0.15) is 0 Å². The molecule has 1 N–H and O–H groups in total. The lowest BCUT2D eigenvalue weighted by molar-refractivity contribution is -0.119. The Morgan fingerprint density at radius 2 is 1.96 bits per heavy atom. The topological polar surface area (TPSA) is 85.1 Å². The van der Waals surface area contributed by atoms with Crippen LogP contribution < -0.4 is 5.32 Å². The minimum atomic E-state index is -0.0739. The van der Waals surface area contributed by atoms with E-state index in [4.69, 9.17) is 0 Å². The van der Waals surface area contributed by atoms with Crippen LogP contribution in [-0.4, -0.2) is 43.1 Å². The summed E-state index contributed by atoms with van der Waals surface area (Å²) in [7, 11) is 0. The monoisotopic (exact) mass is 344 g/mol. The van der Waals surface area contributed by atoms with E-state index in [2.05, 4.69) is 25.4 Å². The molecule has 1 aliphatic rings. The van der Waals surface area contributed by atoms with E-state index < -0.39 is 0 Å². The molecule has 0 aliphatic carbocycles. The van der Waals surface area contributed by atoms with Gasteiger partial charge in [-0.25, -0.2) is 14.6 Å². The molecule has 0 spiro atoms. The molecule has 0 saturated carbocycles. The van der Waals surface area contributed by atoms with Gasteiger partial charge in [0.25, 0.3) is 5.95 Å². The molecule has 7 nitrogen and oxygen atoms in total. The average Bonchev–Trinajstić information content (AvgIpc) is 3.09. The Kier molecular flexibility index (Phi) is 4.66. The van der Waals surface area contributed by atoms with Crippen LogP contribution >= 0.6 is 11.8 Å². The van der Waals surface area contributed by atoms with Crippen LogP contribution in [0.15, 0.2) is 11.1 Å². The van der Waals surface area contributed by atoms with Crippen molar-refractivity contribution in [3.8, 4) is 5.95 Å². The first kappa shape index (κ1) is 16.6. The number of amides is 1. The van der Waals surface area contributed by atoms with Gasteiger partial charge >= 0.3 is 0 Å². The Balaban J connectivity index is 1.85. The van der Waals surface area contributed by atoms with E-state index >= 15 is 0 Å². The van der Waals surface area contributed by atoms with Crippen molar-refractivity contribution in [3.05, 3.63) is 34.4 Å². The Morgan fingerprint density at radius 1 is 1.25 bits per heavy atom. The molecule has 3 rings (SSSR count). The largest absolute Gasteiger partial charge is 0.305 e. The lowest BCUT2D eigenvalue weighted by Gasteiger charge is -2.06. The molecule has 3 heterocycles. The van der Waals surface area contributed by atoms with E-state index in [0.717, 1.165) is 40.6 Å². The highest BCUT2D eigenvalue weighted by Gasteiger charge is 2.19. The number of thioether (sulfide) groups is 1. The molecule has 8 heteroatoms. The fourth-order valence-corrected chi connectivity index (χ4v) is 3.41. The van der Waals surface area contributed by atoms with Crippen molar-refractivity contribution >= 4 is 22.8 Å². The molecule has 1 amide bonds. The number of nitrogens with zero attached hydrogens (tertiary/aromatic N) is 5. The van der Waals surface area contributed by atoms with Crippen molar-refractivity contribution < 1.29 is 4.79 Å². The highest BCUT2D eigenvalue weighted by Crippen LogP contribution is 2.17. The molecule has 0 unspecified atom stereocenters. The van der Waals surface area contributed by atoms with Gasteiger partial charge in [0.05, 0.1) is 18.7 Å². The molecular formula is C16H20N6OS. The van der Waals surface area contributed by atoms with E-state index in [1.807, 2.05) is 33.8 Å². The number of rotatable bonds is 3. The standard InChI is InChI=1S/C16H20N6OS/c1-9-7-10(2)19-15(18-9)22-12(4)13(11(3)21-22)8-14(23)20-16-17-5-6-24-16/h7H,5-6,8H2,1-4H3,(H,17,20,23). The van der Waals surface area contributed by atoms with Crippen molar-refractivity contribution in [2.45, 2.75) is 34.1 Å². The van der Waals surface area contributed by atoms with Gasteiger partial charge in [-0.2, -0.15) is 5.10 Å². The fraction of sp³-hybridized carbons (Fsp3) is 0.438. The van der Waals surface area contributed by atoms with Crippen molar-refractivity contribution in [2.75, 3.05) is 12.3 Å². The lowest BCUT2D eigenvalue weighted by Crippen LogP contribution is -2.29. The summed E-state index contributed by atoms with van der Waals surface area (Å²) in [5.74, 6) is 1.39. The fourth-order valence-electron chi connectivity index (χ4n) is 2.66. The zero-order valence-corrected chi connectivity index (χ0v) is 15.1. The number of hydrogen-bond acceptors (Lipinski definition) is 6. The summed E-state index contributed by atoms with van der Waals surface area (Å²) in [4.78, 5) is 25.4. The van der Waals surface area contributed by atoms with Gasteiger partial charge in [-0.3, -0.25) is 9.79 Å².